The Morgan fingerprint density at radius 3 is 2.50 bits per heavy atom. The van der Waals surface area contributed by atoms with Crippen LogP contribution in [0.15, 0.2) is 28.2 Å². The Morgan fingerprint density at radius 2 is 2.00 bits per heavy atom. The van der Waals surface area contributed by atoms with Crippen molar-refractivity contribution in [1.29, 1.82) is 0 Å². The maximum atomic E-state index is 9.63. The molecule has 7 N–H and O–H groups in total. The lowest BCUT2D eigenvalue weighted by Crippen LogP contribution is -2.26. The SMILES string of the molecule is CCc1ccc(N=C(N)N=C(N)N)c(O)c1. The topological polar surface area (TPSA) is 123 Å². The third-order valence-electron chi connectivity index (χ3n) is 1.93. The average molecular weight is 221 g/mol. The van der Waals surface area contributed by atoms with Gasteiger partial charge >= 0.3 is 0 Å². The zero-order valence-electron chi connectivity index (χ0n) is 9.01. The summed E-state index contributed by atoms with van der Waals surface area (Å²) in [4.78, 5) is 7.42. The van der Waals surface area contributed by atoms with Crippen LogP contribution in [-0.2, 0) is 6.42 Å². The van der Waals surface area contributed by atoms with Gasteiger partial charge in [0.2, 0.25) is 5.96 Å². The van der Waals surface area contributed by atoms with Crippen molar-refractivity contribution in [1.82, 2.24) is 0 Å². The van der Waals surface area contributed by atoms with Gasteiger partial charge in [0.25, 0.3) is 0 Å². The normalized spacial score (nSPS) is 11.2. The summed E-state index contributed by atoms with van der Waals surface area (Å²) >= 11 is 0. The number of rotatable bonds is 2. The van der Waals surface area contributed by atoms with E-state index in [1.807, 2.05) is 13.0 Å². The van der Waals surface area contributed by atoms with Crippen LogP contribution in [0, 0.1) is 0 Å². The molecule has 0 spiro atoms. The van der Waals surface area contributed by atoms with E-state index < -0.39 is 0 Å². The summed E-state index contributed by atoms with van der Waals surface area (Å²) < 4.78 is 0. The molecule has 0 saturated carbocycles. The maximum absolute atomic E-state index is 9.63. The number of nitrogens with two attached hydrogens (primary N) is 3. The van der Waals surface area contributed by atoms with E-state index in [-0.39, 0.29) is 17.7 Å². The summed E-state index contributed by atoms with van der Waals surface area (Å²) in [5.74, 6) is -0.224. The number of phenolic OH excluding ortho intramolecular Hbond substituents is 1. The van der Waals surface area contributed by atoms with E-state index in [0.717, 1.165) is 12.0 Å². The molecule has 0 heterocycles. The molecule has 86 valence electrons. The van der Waals surface area contributed by atoms with E-state index in [1.165, 1.54) is 0 Å². The van der Waals surface area contributed by atoms with Crippen molar-refractivity contribution in [3.05, 3.63) is 23.8 Å². The van der Waals surface area contributed by atoms with Crippen LogP contribution in [-0.4, -0.2) is 17.0 Å². The lowest BCUT2D eigenvalue weighted by molar-refractivity contribution is 0.476. The molecule has 1 aromatic rings. The number of aryl methyl sites for hydroxylation is 1. The van der Waals surface area contributed by atoms with Gasteiger partial charge in [-0.25, -0.2) is 4.99 Å². The second-order valence-corrected chi connectivity index (χ2v) is 3.18. The van der Waals surface area contributed by atoms with Crippen LogP contribution in [0.5, 0.6) is 5.75 Å². The summed E-state index contributed by atoms with van der Waals surface area (Å²) in [6.45, 7) is 1.99. The molecular weight excluding hydrogens is 206 g/mol. The van der Waals surface area contributed by atoms with E-state index in [0.29, 0.717) is 5.69 Å². The molecule has 1 aromatic carbocycles. The minimum absolute atomic E-state index is 0.0492. The van der Waals surface area contributed by atoms with Crippen LogP contribution < -0.4 is 17.2 Å². The van der Waals surface area contributed by atoms with Crippen molar-refractivity contribution in [3.8, 4) is 5.75 Å². The fraction of sp³-hybridized carbons (Fsp3) is 0.200. The van der Waals surface area contributed by atoms with E-state index in [9.17, 15) is 5.11 Å². The van der Waals surface area contributed by atoms with Gasteiger partial charge in [-0.15, -0.1) is 0 Å². The zero-order valence-corrected chi connectivity index (χ0v) is 9.01. The molecule has 1 rings (SSSR count). The maximum Gasteiger partial charge on any atom is 0.223 e. The molecule has 0 aliphatic rings. The van der Waals surface area contributed by atoms with E-state index >= 15 is 0 Å². The van der Waals surface area contributed by atoms with Crippen LogP contribution in [0.2, 0.25) is 0 Å². The van der Waals surface area contributed by atoms with E-state index in [4.69, 9.17) is 17.2 Å². The minimum Gasteiger partial charge on any atom is -0.506 e. The van der Waals surface area contributed by atoms with Crippen LogP contribution in [0.3, 0.4) is 0 Å². The Bertz CT molecular complexity index is 435. The van der Waals surface area contributed by atoms with Gasteiger partial charge in [0.1, 0.15) is 11.4 Å². The van der Waals surface area contributed by atoms with Gasteiger partial charge < -0.3 is 22.3 Å². The molecule has 0 unspecified atom stereocenters. The molecule has 0 bridgehead atoms. The van der Waals surface area contributed by atoms with Crippen molar-refractivity contribution in [3.63, 3.8) is 0 Å². The summed E-state index contributed by atoms with van der Waals surface area (Å²) in [6, 6.07) is 5.13. The lowest BCUT2D eigenvalue weighted by Gasteiger charge is -2.02. The van der Waals surface area contributed by atoms with Crippen LogP contribution >= 0.6 is 0 Å². The smallest absolute Gasteiger partial charge is 0.223 e. The Kier molecular flexibility index (Phi) is 3.71. The quantitative estimate of drug-likeness (QED) is 0.420. The zero-order chi connectivity index (χ0) is 12.1. The first-order valence-electron chi connectivity index (χ1n) is 4.78. The number of hydrogen-bond donors (Lipinski definition) is 4. The number of guanidine groups is 2. The molecule has 0 saturated heterocycles. The van der Waals surface area contributed by atoms with Crippen molar-refractivity contribution >= 4 is 17.6 Å². The van der Waals surface area contributed by atoms with Gasteiger partial charge in [0, 0.05) is 0 Å². The van der Waals surface area contributed by atoms with Crippen molar-refractivity contribution in [2.24, 2.45) is 27.2 Å². The van der Waals surface area contributed by atoms with Gasteiger partial charge in [-0.05, 0) is 24.1 Å². The van der Waals surface area contributed by atoms with Gasteiger partial charge in [-0.1, -0.05) is 13.0 Å². The van der Waals surface area contributed by atoms with Crippen LogP contribution in [0.1, 0.15) is 12.5 Å². The second kappa shape index (κ2) is 5.01. The number of phenols is 1. The Morgan fingerprint density at radius 1 is 1.31 bits per heavy atom. The highest BCUT2D eigenvalue weighted by Crippen LogP contribution is 2.27. The van der Waals surface area contributed by atoms with Gasteiger partial charge in [-0.2, -0.15) is 4.99 Å². The van der Waals surface area contributed by atoms with Gasteiger partial charge in [0.15, 0.2) is 5.96 Å². The van der Waals surface area contributed by atoms with Crippen molar-refractivity contribution in [2.75, 3.05) is 0 Å². The highest BCUT2D eigenvalue weighted by Gasteiger charge is 2.01. The predicted molar refractivity (Wildman–Crippen MR) is 64.6 cm³/mol. The minimum atomic E-state index is -0.175. The molecule has 0 fully saturated rings. The lowest BCUT2D eigenvalue weighted by atomic mass is 10.1. The fourth-order valence-electron chi connectivity index (χ4n) is 1.16. The third-order valence-corrected chi connectivity index (χ3v) is 1.93. The molecule has 0 amide bonds. The first-order valence-corrected chi connectivity index (χ1v) is 4.78. The molecule has 16 heavy (non-hydrogen) atoms. The van der Waals surface area contributed by atoms with Gasteiger partial charge in [0.05, 0.1) is 0 Å². The Hall–Kier alpha value is -2.24. The predicted octanol–water partition coefficient (Wildman–Crippen LogP) is 0.174. The van der Waals surface area contributed by atoms with Crippen LogP contribution in [0.25, 0.3) is 0 Å². The highest BCUT2D eigenvalue weighted by molar-refractivity contribution is 5.93. The summed E-state index contributed by atoms with van der Waals surface area (Å²) in [6.07, 6.45) is 0.834. The van der Waals surface area contributed by atoms with E-state index in [1.54, 1.807) is 12.1 Å². The van der Waals surface area contributed by atoms with Gasteiger partial charge in [-0.3, -0.25) is 0 Å². The molecule has 0 radical (unpaired) electrons. The number of hydrogen-bond acceptors (Lipinski definition) is 2. The highest BCUT2D eigenvalue weighted by atomic mass is 16.3. The molecular formula is C10H15N5O. The Balaban J connectivity index is 3.02. The number of nitrogens with zero attached hydrogens (tertiary/aromatic N) is 2. The molecule has 6 heteroatoms. The van der Waals surface area contributed by atoms with Crippen molar-refractivity contribution < 1.29 is 5.11 Å². The Labute approximate surface area is 93.5 Å². The van der Waals surface area contributed by atoms with E-state index in [2.05, 4.69) is 9.98 Å². The standard InChI is InChI=1S/C10H15N5O/c1-2-6-3-4-7(8(16)5-6)14-10(13)15-9(11)12/h3-5,16H,2H2,1H3,(H6,11,12,13,14,15). The largest absolute Gasteiger partial charge is 0.506 e. The summed E-state index contributed by atoms with van der Waals surface area (Å²) in [7, 11) is 0. The molecule has 0 atom stereocenters. The molecule has 0 aliphatic carbocycles. The summed E-state index contributed by atoms with van der Waals surface area (Å²) in [5.41, 5.74) is 17.1. The van der Waals surface area contributed by atoms with Crippen LogP contribution in [0.4, 0.5) is 5.69 Å². The number of aliphatic imine (C=N–C) groups is 2. The second-order valence-electron chi connectivity index (χ2n) is 3.18. The first-order chi connectivity index (χ1) is 7.52. The number of benzene rings is 1. The molecule has 6 nitrogen and oxygen atoms in total. The first kappa shape index (κ1) is 11.8. The third kappa shape index (κ3) is 3.16. The number of aromatic hydroxyl groups is 1. The molecule has 0 aromatic heterocycles. The van der Waals surface area contributed by atoms with Crippen molar-refractivity contribution in [2.45, 2.75) is 13.3 Å². The fourth-order valence-corrected chi connectivity index (χ4v) is 1.16. The molecule has 0 aliphatic heterocycles. The average Bonchev–Trinajstić information content (AvgIpc) is 2.19. The monoisotopic (exact) mass is 221 g/mol. The summed E-state index contributed by atoms with van der Waals surface area (Å²) in [5, 5.41) is 9.63.